The van der Waals surface area contributed by atoms with Crippen LogP contribution < -0.4 is 0 Å². The molecular formula is C16H17BrN2O3S2. The van der Waals surface area contributed by atoms with Crippen LogP contribution in [0.2, 0.25) is 0 Å². The fraction of sp³-hybridized carbons (Fsp3) is 0.500. The van der Waals surface area contributed by atoms with E-state index in [2.05, 4.69) is 20.9 Å². The van der Waals surface area contributed by atoms with Gasteiger partial charge in [-0.1, -0.05) is 0 Å². The molecule has 0 aliphatic carbocycles. The van der Waals surface area contributed by atoms with E-state index in [-0.39, 0.29) is 18.1 Å². The number of halogens is 1. The summed E-state index contributed by atoms with van der Waals surface area (Å²) in [5, 5.41) is 13.5. The van der Waals surface area contributed by atoms with Crippen LogP contribution in [0.25, 0.3) is 0 Å². The first-order chi connectivity index (χ1) is 11.5. The summed E-state index contributed by atoms with van der Waals surface area (Å²) in [6.07, 6.45) is 3.77. The third-order valence-corrected chi connectivity index (χ3v) is 7.39. The predicted octanol–water partition coefficient (Wildman–Crippen LogP) is 3.25. The summed E-state index contributed by atoms with van der Waals surface area (Å²) in [6.45, 7) is 1.59. The number of likely N-dealkylation sites (tertiary alicyclic amines) is 1. The summed E-state index contributed by atoms with van der Waals surface area (Å²) in [5.74, 6) is 0.0775. The smallest absolute Gasteiger partial charge is 0.263 e. The molecule has 4 rings (SSSR count). The molecule has 2 saturated heterocycles. The van der Waals surface area contributed by atoms with Gasteiger partial charge in [0, 0.05) is 31.1 Å². The highest BCUT2D eigenvalue weighted by atomic mass is 79.9. The molecule has 0 radical (unpaired) electrons. The van der Waals surface area contributed by atoms with Crippen LogP contribution in [0.3, 0.4) is 0 Å². The second kappa shape index (κ2) is 6.17. The first-order valence-corrected chi connectivity index (χ1v) is 10.3. The van der Waals surface area contributed by atoms with Gasteiger partial charge < -0.3 is 14.7 Å². The van der Waals surface area contributed by atoms with Crippen molar-refractivity contribution in [2.24, 2.45) is 0 Å². The van der Waals surface area contributed by atoms with E-state index in [0.29, 0.717) is 19.5 Å². The molecule has 128 valence electrons. The average Bonchev–Trinajstić information content (AvgIpc) is 3.29. The SMILES string of the molecule is O=C(c1ccc(Br)s1)N1CCC2(CC1)CC(O)(c1nccs1)CO2. The number of nitrogens with zero attached hydrogens (tertiary/aromatic N) is 2. The molecule has 1 unspecified atom stereocenters. The maximum atomic E-state index is 12.5. The summed E-state index contributed by atoms with van der Waals surface area (Å²) >= 11 is 6.32. The molecule has 1 N–H and O–H groups in total. The predicted molar refractivity (Wildman–Crippen MR) is 96.5 cm³/mol. The third-order valence-electron chi connectivity index (χ3n) is 4.81. The fourth-order valence-electron chi connectivity index (χ4n) is 3.52. The van der Waals surface area contributed by atoms with E-state index >= 15 is 0 Å². The zero-order valence-electron chi connectivity index (χ0n) is 12.9. The van der Waals surface area contributed by atoms with Crippen molar-refractivity contribution in [3.63, 3.8) is 0 Å². The van der Waals surface area contributed by atoms with Gasteiger partial charge in [0.2, 0.25) is 0 Å². The Morgan fingerprint density at radius 2 is 2.17 bits per heavy atom. The van der Waals surface area contributed by atoms with Crippen molar-refractivity contribution < 1.29 is 14.6 Å². The van der Waals surface area contributed by atoms with Crippen molar-refractivity contribution >= 4 is 44.5 Å². The molecule has 8 heteroatoms. The third kappa shape index (κ3) is 2.94. The molecule has 2 aromatic rings. The Hall–Kier alpha value is -0.800. The zero-order valence-corrected chi connectivity index (χ0v) is 16.1. The van der Waals surface area contributed by atoms with Gasteiger partial charge in [0.1, 0.15) is 10.6 Å². The number of amides is 1. The molecule has 4 heterocycles. The molecule has 2 aliphatic heterocycles. The summed E-state index contributed by atoms with van der Waals surface area (Å²) < 4.78 is 7.00. The molecule has 0 saturated carbocycles. The van der Waals surface area contributed by atoms with Gasteiger partial charge in [0.25, 0.3) is 5.91 Å². The molecule has 24 heavy (non-hydrogen) atoms. The Morgan fingerprint density at radius 3 is 2.79 bits per heavy atom. The number of ether oxygens (including phenoxy) is 1. The van der Waals surface area contributed by atoms with Crippen molar-refractivity contribution in [3.8, 4) is 0 Å². The molecule has 2 fully saturated rings. The minimum absolute atomic E-state index is 0.0775. The molecular weight excluding hydrogens is 412 g/mol. The molecule has 0 aromatic carbocycles. The lowest BCUT2D eigenvalue weighted by molar-refractivity contribution is -0.0430. The maximum Gasteiger partial charge on any atom is 0.263 e. The lowest BCUT2D eigenvalue weighted by atomic mass is 9.83. The Kier molecular flexibility index (Phi) is 4.29. The monoisotopic (exact) mass is 428 g/mol. The van der Waals surface area contributed by atoms with Crippen LogP contribution >= 0.6 is 38.6 Å². The molecule has 1 spiro atoms. The number of aromatic nitrogens is 1. The van der Waals surface area contributed by atoms with E-state index in [1.54, 1.807) is 6.20 Å². The minimum Gasteiger partial charge on any atom is -0.380 e. The summed E-state index contributed by atoms with van der Waals surface area (Å²) in [5.41, 5.74) is -1.33. The van der Waals surface area contributed by atoms with E-state index in [4.69, 9.17) is 4.74 Å². The highest BCUT2D eigenvalue weighted by Crippen LogP contribution is 2.45. The number of hydrogen-bond acceptors (Lipinski definition) is 6. The van der Waals surface area contributed by atoms with Crippen molar-refractivity contribution in [1.82, 2.24) is 9.88 Å². The molecule has 1 atom stereocenters. The van der Waals surface area contributed by atoms with E-state index in [0.717, 1.165) is 26.5 Å². The normalized spacial score (nSPS) is 26.2. The van der Waals surface area contributed by atoms with Gasteiger partial charge in [0.05, 0.1) is 20.9 Å². The van der Waals surface area contributed by atoms with Crippen molar-refractivity contribution in [2.75, 3.05) is 19.7 Å². The Balaban J connectivity index is 1.42. The van der Waals surface area contributed by atoms with Crippen LogP contribution in [0.15, 0.2) is 27.5 Å². The number of thiazole rings is 1. The molecule has 2 aliphatic rings. The van der Waals surface area contributed by atoms with Crippen LogP contribution in [-0.4, -0.2) is 46.2 Å². The van der Waals surface area contributed by atoms with Gasteiger partial charge in [-0.3, -0.25) is 4.79 Å². The Labute approximate surface area is 156 Å². The number of piperidine rings is 1. The van der Waals surface area contributed by atoms with Crippen LogP contribution in [0.5, 0.6) is 0 Å². The van der Waals surface area contributed by atoms with Crippen LogP contribution in [0.4, 0.5) is 0 Å². The van der Waals surface area contributed by atoms with Crippen LogP contribution in [0.1, 0.15) is 33.9 Å². The second-order valence-corrected chi connectivity index (χ2v) is 9.77. The number of aliphatic hydroxyl groups is 1. The average molecular weight is 429 g/mol. The van der Waals surface area contributed by atoms with Gasteiger partial charge in [-0.05, 0) is 40.9 Å². The lowest BCUT2D eigenvalue weighted by Gasteiger charge is -2.38. The van der Waals surface area contributed by atoms with E-state index < -0.39 is 5.60 Å². The second-order valence-electron chi connectivity index (χ2n) is 6.41. The molecule has 2 aromatic heterocycles. The molecule has 0 bridgehead atoms. The van der Waals surface area contributed by atoms with Crippen LogP contribution in [-0.2, 0) is 10.3 Å². The van der Waals surface area contributed by atoms with E-state index in [1.165, 1.54) is 22.7 Å². The number of hydrogen-bond donors (Lipinski definition) is 1. The van der Waals surface area contributed by atoms with Crippen molar-refractivity contribution in [1.29, 1.82) is 0 Å². The van der Waals surface area contributed by atoms with Crippen molar-refractivity contribution in [3.05, 3.63) is 37.4 Å². The van der Waals surface area contributed by atoms with Crippen molar-refractivity contribution in [2.45, 2.75) is 30.5 Å². The zero-order chi connectivity index (χ0) is 16.8. The summed E-state index contributed by atoms with van der Waals surface area (Å²) in [4.78, 5) is 19.4. The lowest BCUT2D eigenvalue weighted by Crippen LogP contribution is -2.46. The molecule has 5 nitrogen and oxygen atoms in total. The first-order valence-electron chi connectivity index (χ1n) is 7.81. The van der Waals surface area contributed by atoms with Gasteiger partial charge in [0.15, 0.2) is 0 Å². The van der Waals surface area contributed by atoms with Gasteiger partial charge >= 0.3 is 0 Å². The van der Waals surface area contributed by atoms with Gasteiger partial charge in [-0.2, -0.15) is 0 Å². The largest absolute Gasteiger partial charge is 0.380 e. The summed E-state index contributed by atoms with van der Waals surface area (Å²) in [7, 11) is 0. The number of rotatable bonds is 2. The Bertz CT molecular complexity index is 740. The number of carbonyl (C=O) groups is 1. The Morgan fingerprint density at radius 1 is 1.38 bits per heavy atom. The maximum absolute atomic E-state index is 12.5. The van der Waals surface area contributed by atoms with E-state index in [9.17, 15) is 9.90 Å². The summed E-state index contributed by atoms with van der Waals surface area (Å²) in [6, 6.07) is 3.76. The number of thiophene rings is 1. The van der Waals surface area contributed by atoms with Gasteiger partial charge in [-0.15, -0.1) is 22.7 Å². The quantitative estimate of drug-likeness (QED) is 0.796. The highest BCUT2D eigenvalue weighted by molar-refractivity contribution is 9.11. The van der Waals surface area contributed by atoms with Gasteiger partial charge in [-0.25, -0.2) is 4.98 Å². The minimum atomic E-state index is -0.987. The first kappa shape index (κ1) is 16.7. The standard InChI is InChI=1S/C16H17BrN2O3S2/c17-12-2-1-11(24-12)13(20)19-6-3-15(4-7-19)9-16(21,10-22-15)14-18-5-8-23-14/h1-2,5,8,21H,3-4,6-7,9-10H2. The fourth-order valence-corrected chi connectivity index (χ4v) is 5.60. The van der Waals surface area contributed by atoms with E-state index in [1.807, 2.05) is 22.4 Å². The van der Waals surface area contributed by atoms with Crippen LogP contribution in [0, 0.1) is 0 Å². The molecule has 1 amide bonds. The topological polar surface area (TPSA) is 62.7 Å². The highest BCUT2D eigenvalue weighted by Gasteiger charge is 2.52. The number of carbonyl (C=O) groups excluding carboxylic acids is 1.